The number of rotatable bonds is 6. The van der Waals surface area contributed by atoms with Crippen molar-refractivity contribution in [3.05, 3.63) is 0 Å². The first kappa shape index (κ1) is 12.9. The van der Waals surface area contributed by atoms with E-state index in [1.54, 1.807) is 0 Å². The van der Waals surface area contributed by atoms with E-state index in [0.29, 0.717) is 13.2 Å². The molecule has 1 atom stereocenters. The van der Waals surface area contributed by atoms with Crippen LogP contribution in [0.15, 0.2) is 0 Å². The van der Waals surface area contributed by atoms with Crippen molar-refractivity contribution < 1.29 is 14.6 Å². The molecule has 0 amide bonds. The summed E-state index contributed by atoms with van der Waals surface area (Å²) in [6.45, 7) is 9.49. The van der Waals surface area contributed by atoms with Gasteiger partial charge in [0.1, 0.15) is 0 Å². The lowest BCUT2D eigenvalue weighted by atomic mass is 9.93. The van der Waals surface area contributed by atoms with Gasteiger partial charge in [0.05, 0.1) is 13.2 Å². The Morgan fingerprint density at radius 3 is 2.23 bits per heavy atom. The van der Waals surface area contributed by atoms with E-state index in [2.05, 4.69) is 20.8 Å². The number of aliphatic hydroxyl groups is 1. The largest absolute Gasteiger partial charge is 0.391 e. The van der Waals surface area contributed by atoms with E-state index in [-0.39, 0.29) is 12.0 Å². The standard InChI is InChI=1S/C10H22O3/c1-5-12-9(8-11)13-7-6-10(2,3)4/h9,11H,5-8H2,1-4H3. The molecular weight excluding hydrogens is 168 g/mol. The van der Waals surface area contributed by atoms with E-state index in [9.17, 15) is 0 Å². The van der Waals surface area contributed by atoms with E-state index >= 15 is 0 Å². The first-order chi connectivity index (χ1) is 5.99. The molecule has 0 aromatic rings. The molecule has 0 heterocycles. The summed E-state index contributed by atoms with van der Waals surface area (Å²) in [6, 6.07) is 0. The van der Waals surface area contributed by atoms with Crippen LogP contribution in [0.5, 0.6) is 0 Å². The second kappa shape index (κ2) is 6.35. The Labute approximate surface area is 81.0 Å². The lowest BCUT2D eigenvalue weighted by Crippen LogP contribution is -2.23. The molecule has 0 saturated carbocycles. The van der Waals surface area contributed by atoms with Gasteiger partial charge in [-0.3, -0.25) is 0 Å². The highest BCUT2D eigenvalue weighted by molar-refractivity contribution is 4.60. The predicted octanol–water partition coefficient (Wildman–Crippen LogP) is 1.79. The second-order valence-corrected chi connectivity index (χ2v) is 4.25. The quantitative estimate of drug-likeness (QED) is 0.649. The van der Waals surface area contributed by atoms with E-state index in [4.69, 9.17) is 14.6 Å². The van der Waals surface area contributed by atoms with Crippen LogP contribution in [0.25, 0.3) is 0 Å². The molecule has 0 aromatic heterocycles. The average Bonchev–Trinajstić information content (AvgIpc) is 2.01. The molecule has 0 fully saturated rings. The number of ether oxygens (including phenoxy) is 2. The van der Waals surface area contributed by atoms with Gasteiger partial charge in [-0.05, 0) is 18.8 Å². The van der Waals surface area contributed by atoms with Gasteiger partial charge in [-0.1, -0.05) is 20.8 Å². The van der Waals surface area contributed by atoms with Gasteiger partial charge >= 0.3 is 0 Å². The van der Waals surface area contributed by atoms with E-state index in [1.807, 2.05) is 6.92 Å². The van der Waals surface area contributed by atoms with Crippen LogP contribution in [-0.2, 0) is 9.47 Å². The summed E-state index contributed by atoms with van der Waals surface area (Å²) in [5, 5.41) is 8.84. The van der Waals surface area contributed by atoms with Crippen molar-refractivity contribution >= 4 is 0 Å². The summed E-state index contributed by atoms with van der Waals surface area (Å²) in [7, 11) is 0. The minimum Gasteiger partial charge on any atom is -0.391 e. The Morgan fingerprint density at radius 2 is 1.85 bits per heavy atom. The van der Waals surface area contributed by atoms with Crippen LogP contribution >= 0.6 is 0 Å². The minimum atomic E-state index is -0.452. The van der Waals surface area contributed by atoms with E-state index < -0.39 is 6.29 Å². The molecule has 0 aliphatic rings. The number of hydrogen-bond donors (Lipinski definition) is 1. The molecule has 0 aromatic carbocycles. The maximum Gasteiger partial charge on any atom is 0.180 e. The van der Waals surface area contributed by atoms with Gasteiger partial charge < -0.3 is 14.6 Å². The van der Waals surface area contributed by atoms with Crippen molar-refractivity contribution in [1.82, 2.24) is 0 Å². The SMILES string of the molecule is CCOC(CO)OCCC(C)(C)C. The topological polar surface area (TPSA) is 38.7 Å². The Balaban J connectivity index is 3.49. The van der Waals surface area contributed by atoms with Gasteiger partial charge in [0.25, 0.3) is 0 Å². The smallest absolute Gasteiger partial charge is 0.180 e. The zero-order chi connectivity index (χ0) is 10.3. The Morgan fingerprint density at radius 1 is 1.23 bits per heavy atom. The third-order valence-electron chi connectivity index (χ3n) is 1.66. The monoisotopic (exact) mass is 190 g/mol. The summed E-state index contributed by atoms with van der Waals surface area (Å²) < 4.78 is 10.5. The van der Waals surface area contributed by atoms with Crippen molar-refractivity contribution in [2.24, 2.45) is 5.41 Å². The molecule has 0 rings (SSSR count). The van der Waals surface area contributed by atoms with Crippen molar-refractivity contribution in [1.29, 1.82) is 0 Å². The first-order valence-electron chi connectivity index (χ1n) is 4.83. The molecule has 3 nitrogen and oxygen atoms in total. The average molecular weight is 190 g/mol. The van der Waals surface area contributed by atoms with Gasteiger partial charge in [0.15, 0.2) is 6.29 Å². The molecule has 0 spiro atoms. The highest BCUT2D eigenvalue weighted by Crippen LogP contribution is 2.18. The van der Waals surface area contributed by atoms with Gasteiger partial charge in [0, 0.05) is 6.61 Å². The zero-order valence-electron chi connectivity index (χ0n) is 9.17. The maximum absolute atomic E-state index is 8.84. The molecule has 0 saturated heterocycles. The van der Waals surface area contributed by atoms with E-state index in [0.717, 1.165) is 6.42 Å². The van der Waals surface area contributed by atoms with Crippen molar-refractivity contribution in [3.8, 4) is 0 Å². The third kappa shape index (κ3) is 8.22. The van der Waals surface area contributed by atoms with Crippen LogP contribution in [-0.4, -0.2) is 31.2 Å². The zero-order valence-corrected chi connectivity index (χ0v) is 9.17. The summed E-state index contributed by atoms with van der Waals surface area (Å²) in [5.41, 5.74) is 0.270. The Hall–Kier alpha value is -0.120. The molecule has 0 aliphatic carbocycles. The van der Waals surface area contributed by atoms with Crippen LogP contribution in [0.1, 0.15) is 34.1 Å². The third-order valence-corrected chi connectivity index (χ3v) is 1.66. The van der Waals surface area contributed by atoms with Crippen LogP contribution in [0.4, 0.5) is 0 Å². The molecule has 80 valence electrons. The molecule has 0 bridgehead atoms. The van der Waals surface area contributed by atoms with E-state index in [1.165, 1.54) is 0 Å². The van der Waals surface area contributed by atoms with Gasteiger partial charge in [-0.15, -0.1) is 0 Å². The molecule has 0 radical (unpaired) electrons. The maximum atomic E-state index is 8.84. The van der Waals surface area contributed by atoms with Crippen molar-refractivity contribution in [2.45, 2.75) is 40.4 Å². The fourth-order valence-corrected chi connectivity index (χ4v) is 0.836. The Bertz CT molecular complexity index is 118. The normalized spacial score (nSPS) is 14.5. The minimum absolute atomic E-state index is 0.0714. The van der Waals surface area contributed by atoms with Gasteiger partial charge in [-0.25, -0.2) is 0 Å². The Kier molecular flexibility index (Phi) is 6.29. The molecule has 13 heavy (non-hydrogen) atoms. The lowest BCUT2D eigenvalue weighted by molar-refractivity contribution is -0.162. The predicted molar refractivity (Wildman–Crippen MR) is 52.5 cm³/mol. The number of hydrogen-bond acceptors (Lipinski definition) is 3. The first-order valence-corrected chi connectivity index (χ1v) is 4.83. The summed E-state index contributed by atoms with van der Waals surface area (Å²) in [4.78, 5) is 0. The fourth-order valence-electron chi connectivity index (χ4n) is 0.836. The lowest BCUT2D eigenvalue weighted by Gasteiger charge is -2.20. The van der Waals surface area contributed by atoms with Gasteiger partial charge in [-0.2, -0.15) is 0 Å². The van der Waals surface area contributed by atoms with Crippen LogP contribution in [0.2, 0.25) is 0 Å². The highest BCUT2D eigenvalue weighted by Gasteiger charge is 2.12. The van der Waals surface area contributed by atoms with Gasteiger partial charge in [0.2, 0.25) is 0 Å². The molecule has 1 unspecified atom stereocenters. The van der Waals surface area contributed by atoms with Crippen LogP contribution in [0, 0.1) is 5.41 Å². The second-order valence-electron chi connectivity index (χ2n) is 4.25. The highest BCUT2D eigenvalue weighted by atomic mass is 16.7. The van der Waals surface area contributed by atoms with Crippen molar-refractivity contribution in [2.75, 3.05) is 19.8 Å². The molecule has 1 N–H and O–H groups in total. The molecule has 0 aliphatic heterocycles. The molecular formula is C10H22O3. The summed E-state index contributed by atoms with van der Waals surface area (Å²) in [6.07, 6.45) is 0.517. The summed E-state index contributed by atoms with van der Waals surface area (Å²) in [5.74, 6) is 0. The summed E-state index contributed by atoms with van der Waals surface area (Å²) >= 11 is 0. The fraction of sp³-hybridized carbons (Fsp3) is 1.00. The molecule has 3 heteroatoms. The van der Waals surface area contributed by atoms with Crippen LogP contribution in [0.3, 0.4) is 0 Å². The van der Waals surface area contributed by atoms with Crippen LogP contribution < -0.4 is 0 Å². The van der Waals surface area contributed by atoms with Crippen molar-refractivity contribution in [3.63, 3.8) is 0 Å². The number of aliphatic hydroxyl groups excluding tert-OH is 1.